The molecule has 0 saturated carbocycles. The topological polar surface area (TPSA) is 37.3 Å². The van der Waals surface area contributed by atoms with Crippen LogP contribution in [0.15, 0.2) is 23.3 Å². The van der Waals surface area contributed by atoms with Crippen molar-refractivity contribution < 1.29 is 9.90 Å². The molecule has 2 heteroatoms. The van der Waals surface area contributed by atoms with E-state index < -0.39 is 5.97 Å². The molecule has 0 radical (unpaired) electrons. The van der Waals surface area contributed by atoms with Gasteiger partial charge in [-0.1, -0.05) is 23.3 Å². The zero-order valence-corrected chi connectivity index (χ0v) is 9.62. The Morgan fingerprint density at radius 1 is 1.60 bits per heavy atom. The lowest BCUT2D eigenvalue weighted by atomic mass is 9.88. The van der Waals surface area contributed by atoms with Gasteiger partial charge in [0.05, 0.1) is 5.92 Å². The fourth-order valence-electron chi connectivity index (χ4n) is 1.89. The monoisotopic (exact) mass is 208 g/mol. The Bertz CT molecular complexity index is 283. The summed E-state index contributed by atoms with van der Waals surface area (Å²) in [4.78, 5) is 10.7. The maximum absolute atomic E-state index is 10.7. The minimum Gasteiger partial charge on any atom is -0.481 e. The molecular weight excluding hydrogens is 188 g/mol. The van der Waals surface area contributed by atoms with Crippen molar-refractivity contribution in [1.82, 2.24) is 0 Å². The van der Waals surface area contributed by atoms with Gasteiger partial charge in [0.25, 0.3) is 0 Å². The Morgan fingerprint density at radius 3 is 2.80 bits per heavy atom. The third kappa shape index (κ3) is 4.32. The zero-order chi connectivity index (χ0) is 11.3. The van der Waals surface area contributed by atoms with Crippen LogP contribution in [0.25, 0.3) is 0 Å². The first-order valence-electron chi connectivity index (χ1n) is 5.63. The molecule has 0 unspecified atom stereocenters. The molecule has 1 rings (SSSR count). The third-order valence-electron chi connectivity index (χ3n) is 2.87. The van der Waals surface area contributed by atoms with Gasteiger partial charge in [-0.3, -0.25) is 4.79 Å². The van der Waals surface area contributed by atoms with E-state index in [1.54, 1.807) is 0 Å². The van der Waals surface area contributed by atoms with Gasteiger partial charge in [0.1, 0.15) is 0 Å². The molecule has 0 bridgehead atoms. The summed E-state index contributed by atoms with van der Waals surface area (Å²) in [6.45, 7) is 4.21. The van der Waals surface area contributed by atoms with E-state index in [4.69, 9.17) is 5.11 Å². The molecule has 0 saturated heterocycles. The highest BCUT2D eigenvalue weighted by atomic mass is 16.4. The van der Waals surface area contributed by atoms with Gasteiger partial charge < -0.3 is 5.11 Å². The van der Waals surface area contributed by atoms with E-state index in [1.165, 1.54) is 11.1 Å². The van der Waals surface area contributed by atoms with Crippen LogP contribution in [-0.4, -0.2) is 11.1 Å². The molecular formula is C13H20O2. The fourth-order valence-corrected chi connectivity index (χ4v) is 1.89. The predicted octanol–water partition coefficient (Wildman–Crippen LogP) is 3.54. The Hall–Kier alpha value is -1.05. The molecule has 1 N–H and O–H groups in total. The molecule has 0 fully saturated rings. The van der Waals surface area contributed by atoms with Crippen LogP contribution in [0.3, 0.4) is 0 Å². The van der Waals surface area contributed by atoms with Crippen LogP contribution in [-0.2, 0) is 4.79 Å². The standard InChI is InChI=1S/C13H20O2/c1-10(2)4-3-5-11-6-8-12(9-7-11)13(14)15/h4,6,12H,3,5,7-9H2,1-2H3,(H,14,15)/t12-/m0/s1. The molecule has 1 aliphatic rings. The van der Waals surface area contributed by atoms with Crippen LogP contribution in [0, 0.1) is 5.92 Å². The minimum atomic E-state index is -0.644. The largest absolute Gasteiger partial charge is 0.481 e. The van der Waals surface area contributed by atoms with E-state index in [0.29, 0.717) is 0 Å². The summed E-state index contributed by atoms with van der Waals surface area (Å²) in [7, 11) is 0. The van der Waals surface area contributed by atoms with Crippen molar-refractivity contribution in [3.63, 3.8) is 0 Å². The van der Waals surface area contributed by atoms with Gasteiger partial charge in [-0.05, 0) is 46.0 Å². The van der Waals surface area contributed by atoms with Gasteiger partial charge in [-0.15, -0.1) is 0 Å². The van der Waals surface area contributed by atoms with Crippen molar-refractivity contribution in [3.8, 4) is 0 Å². The summed E-state index contributed by atoms with van der Waals surface area (Å²) in [5, 5.41) is 8.83. The number of carboxylic acid groups (broad SMARTS) is 1. The molecule has 0 heterocycles. The van der Waals surface area contributed by atoms with E-state index in [2.05, 4.69) is 26.0 Å². The SMILES string of the molecule is CC(C)=CCCC1=CC[C@H](C(=O)O)CC1. The van der Waals surface area contributed by atoms with Gasteiger partial charge in [0.2, 0.25) is 0 Å². The van der Waals surface area contributed by atoms with Crippen molar-refractivity contribution >= 4 is 5.97 Å². The lowest BCUT2D eigenvalue weighted by Crippen LogP contribution is -2.15. The van der Waals surface area contributed by atoms with Crippen LogP contribution in [0.1, 0.15) is 46.0 Å². The Kier molecular flexibility index (Phi) is 4.60. The highest BCUT2D eigenvalue weighted by Gasteiger charge is 2.19. The van der Waals surface area contributed by atoms with Crippen LogP contribution >= 0.6 is 0 Å². The number of aliphatic carboxylic acids is 1. The second-order valence-corrected chi connectivity index (χ2v) is 4.49. The molecule has 1 aliphatic carbocycles. The van der Waals surface area contributed by atoms with Crippen molar-refractivity contribution in [2.24, 2.45) is 5.92 Å². The average Bonchev–Trinajstić information content (AvgIpc) is 2.18. The average molecular weight is 208 g/mol. The van der Waals surface area contributed by atoms with Crippen LogP contribution in [0.2, 0.25) is 0 Å². The first kappa shape index (κ1) is 12.0. The molecule has 0 aromatic heterocycles. The number of carbonyl (C=O) groups is 1. The summed E-state index contributed by atoms with van der Waals surface area (Å²) in [5.74, 6) is -0.785. The van der Waals surface area contributed by atoms with Crippen molar-refractivity contribution in [1.29, 1.82) is 0 Å². The van der Waals surface area contributed by atoms with E-state index in [1.807, 2.05) is 0 Å². The molecule has 84 valence electrons. The van der Waals surface area contributed by atoms with Crippen molar-refractivity contribution in [3.05, 3.63) is 23.3 Å². The molecule has 15 heavy (non-hydrogen) atoms. The van der Waals surface area contributed by atoms with E-state index >= 15 is 0 Å². The lowest BCUT2D eigenvalue weighted by Gasteiger charge is -2.18. The van der Waals surface area contributed by atoms with Crippen LogP contribution < -0.4 is 0 Å². The number of rotatable bonds is 4. The van der Waals surface area contributed by atoms with Gasteiger partial charge in [0.15, 0.2) is 0 Å². The smallest absolute Gasteiger partial charge is 0.306 e. The summed E-state index contributed by atoms with van der Waals surface area (Å²) in [6.07, 6.45) is 9.05. The van der Waals surface area contributed by atoms with Gasteiger partial charge in [0, 0.05) is 0 Å². The van der Waals surface area contributed by atoms with E-state index in [-0.39, 0.29) is 5.92 Å². The Balaban J connectivity index is 2.34. The number of allylic oxidation sites excluding steroid dienone is 4. The Morgan fingerprint density at radius 2 is 2.33 bits per heavy atom. The molecule has 0 spiro atoms. The minimum absolute atomic E-state index is 0.141. The quantitative estimate of drug-likeness (QED) is 0.717. The van der Waals surface area contributed by atoms with Crippen molar-refractivity contribution in [2.75, 3.05) is 0 Å². The summed E-state index contributed by atoms with van der Waals surface area (Å²) in [6, 6.07) is 0. The fraction of sp³-hybridized carbons (Fsp3) is 0.615. The van der Waals surface area contributed by atoms with E-state index in [0.717, 1.165) is 32.1 Å². The molecule has 1 atom stereocenters. The highest BCUT2D eigenvalue weighted by molar-refractivity contribution is 5.70. The summed E-state index contributed by atoms with van der Waals surface area (Å²) in [5.41, 5.74) is 2.79. The van der Waals surface area contributed by atoms with E-state index in [9.17, 15) is 4.79 Å². The first-order chi connectivity index (χ1) is 7.09. The summed E-state index contributed by atoms with van der Waals surface area (Å²) < 4.78 is 0. The maximum Gasteiger partial charge on any atom is 0.306 e. The molecule has 2 nitrogen and oxygen atoms in total. The highest BCUT2D eigenvalue weighted by Crippen LogP contribution is 2.26. The molecule has 0 aromatic rings. The number of hydrogen-bond donors (Lipinski definition) is 1. The van der Waals surface area contributed by atoms with Crippen LogP contribution in [0.5, 0.6) is 0 Å². The Labute approximate surface area is 91.7 Å². The molecule has 0 aromatic carbocycles. The summed E-state index contributed by atoms with van der Waals surface area (Å²) >= 11 is 0. The molecule has 0 aliphatic heterocycles. The normalized spacial score (nSPS) is 20.7. The number of carboxylic acids is 1. The van der Waals surface area contributed by atoms with Gasteiger partial charge in [-0.25, -0.2) is 0 Å². The lowest BCUT2D eigenvalue weighted by molar-refractivity contribution is -0.141. The van der Waals surface area contributed by atoms with Crippen LogP contribution in [0.4, 0.5) is 0 Å². The van der Waals surface area contributed by atoms with Gasteiger partial charge >= 0.3 is 5.97 Å². The second kappa shape index (κ2) is 5.74. The maximum atomic E-state index is 10.7. The molecule has 0 amide bonds. The first-order valence-corrected chi connectivity index (χ1v) is 5.63. The third-order valence-corrected chi connectivity index (χ3v) is 2.87. The second-order valence-electron chi connectivity index (χ2n) is 4.49. The van der Waals surface area contributed by atoms with Gasteiger partial charge in [-0.2, -0.15) is 0 Å². The number of hydrogen-bond acceptors (Lipinski definition) is 1. The zero-order valence-electron chi connectivity index (χ0n) is 9.62. The van der Waals surface area contributed by atoms with Crippen molar-refractivity contribution in [2.45, 2.75) is 46.0 Å². The predicted molar refractivity (Wildman–Crippen MR) is 61.7 cm³/mol.